The van der Waals surface area contributed by atoms with Gasteiger partial charge in [-0.25, -0.2) is 4.61 Å². The van der Waals surface area contributed by atoms with Crippen molar-refractivity contribution in [2.24, 2.45) is 28.9 Å². The van der Waals surface area contributed by atoms with Gasteiger partial charge in [-0.1, -0.05) is 102 Å². The molecule has 702 valence electrons. The molecule has 1 aromatic heterocycles. The molecule has 15 atom stereocenters. The third-order valence-electron chi connectivity index (χ3n) is 23.8. The Morgan fingerprint density at radius 3 is 1.78 bits per heavy atom. The number of likely N-dealkylation sites (N-methyl/N-ethyl adjacent to an activating group) is 3. The van der Waals surface area contributed by atoms with Crippen molar-refractivity contribution in [3.63, 3.8) is 0 Å². The smallest absolute Gasteiger partial charge is 0.246 e. The number of aromatic nitrogens is 1. The molecule has 3 fully saturated rings. The molecule has 6 bridgehead atoms. The van der Waals surface area contributed by atoms with Gasteiger partial charge in [-0.3, -0.25) is 85.5 Å². The zero-order valence-corrected chi connectivity index (χ0v) is 75.6. The minimum absolute atomic E-state index is 0.00211. The molecule has 4 aromatic rings. The largest absolute Gasteiger partial charge is 0.508 e. The Morgan fingerprint density at radius 1 is 0.581 bits per heavy atom. The Labute approximate surface area is 753 Å². The van der Waals surface area contributed by atoms with Crippen LogP contribution in [0.1, 0.15) is 148 Å². The monoisotopic (exact) mass is 1830 g/mol. The number of hydrogen-bond donors (Lipinski definition) is 16. The van der Waals surface area contributed by atoms with Crippen molar-refractivity contribution >= 4 is 139 Å². The Morgan fingerprint density at radius 2 is 1.16 bits per heavy atom. The van der Waals surface area contributed by atoms with E-state index in [4.69, 9.17) is 22.9 Å². The first kappa shape index (κ1) is 101. The normalized spacial score (nSPS) is 26.7. The molecule has 5 aliphatic heterocycles. The molecule has 3 saturated heterocycles. The van der Waals surface area contributed by atoms with Gasteiger partial charge in [0.1, 0.15) is 90.3 Å². The number of nitrogens with zero attached hydrogens (tertiary/aromatic N) is 7. The van der Waals surface area contributed by atoms with Crippen LogP contribution in [0.5, 0.6) is 5.75 Å². The fourth-order valence-electron chi connectivity index (χ4n) is 16.6. The van der Waals surface area contributed by atoms with Gasteiger partial charge in [0.2, 0.25) is 100 Å². The zero-order valence-electron chi connectivity index (χ0n) is 74.0. The highest BCUT2D eigenvalue weighted by Gasteiger charge is 2.46. The summed E-state index contributed by atoms with van der Waals surface area (Å²) < 4.78 is 15.2. The van der Waals surface area contributed by atoms with Crippen LogP contribution >= 0.6 is 21.6 Å². The van der Waals surface area contributed by atoms with Crippen molar-refractivity contribution in [1.29, 1.82) is 4.61 Å². The number of primary amides is 2. The summed E-state index contributed by atoms with van der Waals surface area (Å²) in [6, 6.07) is -1.82. The first-order valence-corrected chi connectivity index (χ1v) is 46.4. The van der Waals surface area contributed by atoms with Crippen molar-refractivity contribution in [2.75, 3.05) is 72.0 Å². The number of para-hydroxylation sites is 1. The fourth-order valence-corrected chi connectivity index (χ4v) is 20.1. The topological polar surface area (TPSA) is 600 Å². The molecule has 0 radical (unpaired) electrons. The number of phenolic OH excluding ortho intramolecular Hbond substituents is 1. The lowest BCUT2D eigenvalue weighted by molar-refractivity contribution is -0.149. The molecule has 0 aliphatic carbocycles. The Hall–Kier alpha value is -12.0. The molecule has 9 rings (SSSR count). The van der Waals surface area contributed by atoms with Crippen molar-refractivity contribution in [2.45, 2.75) is 233 Å². The average molecular weight is 1830 g/mol. The van der Waals surface area contributed by atoms with Crippen LogP contribution in [0.4, 0.5) is 0 Å². The second kappa shape index (κ2) is 46.3. The van der Waals surface area contributed by atoms with Gasteiger partial charge < -0.3 is 111 Å². The van der Waals surface area contributed by atoms with Crippen LogP contribution in [0, 0.1) is 10.5 Å². The second-order valence-corrected chi connectivity index (χ2v) is 37.0. The lowest BCUT2D eigenvalue weighted by Crippen LogP contribution is -2.62. The molecular formula is C87H123N21O19S2. The number of unbranched alkanes of at least 4 members (excludes halogenated alkanes) is 2. The molecule has 0 saturated carbocycles. The predicted molar refractivity (Wildman–Crippen MR) is 478 cm³/mol. The fraction of sp³-hybridized carbons (Fsp3) is 0.552. The highest BCUT2D eigenvalue weighted by atomic mass is 32.2. The van der Waals surface area contributed by atoms with Crippen LogP contribution in [0.3, 0.4) is 0 Å². The molecule has 42 heteroatoms. The number of rotatable bonds is 20. The maximum Gasteiger partial charge on any atom is 0.246 e. The summed E-state index contributed by atoms with van der Waals surface area (Å²) in [7, 11) is 0.583. The average Bonchev–Trinajstić information content (AvgIpc) is 1.57. The van der Waals surface area contributed by atoms with Crippen LogP contribution in [-0.4, -0.2) is 296 Å². The zero-order chi connectivity index (χ0) is 94.4. The van der Waals surface area contributed by atoms with Crippen molar-refractivity contribution < 1.29 is 91.7 Å². The summed E-state index contributed by atoms with van der Waals surface area (Å²) in [6.07, 6.45) is 2.04. The van der Waals surface area contributed by atoms with E-state index in [2.05, 4.69) is 53.2 Å². The summed E-state index contributed by atoms with van der Waals surface area (Å²) in [4.78, 5) is 255. The maximum atomic E-state index is 15.9. The van der Waals surface area contributed by atoms with Crippen LogP contribution in [0.25, 0.3) is 16.5 Å². The quantitative estimate of drug-likeness (QED) is 0.0463. The maximum absolute atomic E-state index is 15.9. The second-order valence-electron chi connectivity index (χ2n) is 33.7. The van der Waals surface area contributed by atoms with Gasteiger partial charge in [0.05, 0.1) is 45.6 Å². The highest BCUT2D eigenvalue weighted by Crippen LogP contribution is 2.57. The summed E-state index contributed by atoms with van der Waals surface area (Å²) in [5, 5.41) is 49.9. The minimum atomic E-state index is -3.35. The van der Waals surface area contributed by atoms with Gasteiger partial charge in [-0.2, -0.15) is 0 Å². The van der Waals surface area contributed by atoms with E-state index in [0.717, 1.165) is 31.4 Å². The molecular weight excluding hydrogens is 1710 g/mol. The third-order valence-corrected chi connectivity index (χ3v) is 27.4. The Kier molecular flexibility index (Phi) is 36.2. The third kappa shape index (κ3) is 25.3. The molecule has 3 aromatic carbocycles. The lowest BCUT2D eigenvalue weighted by Gasteiger charge is -2.36. The minimum Gasteiger partial charge on any atom is -0.508 e. The summed E-state index contributed by atoms with van der Waals surface area (Å²) in [5.74, 6) is -17.0. The summed E-state index contributed by atoms with van der Waals surface area (Å²) in [5.41, 5.74) is 25.5. The molecule has 5 aliphatic rings. The van der Waals surface area contributed by atoms with Crippen molar-refractivity contribution in [3.8, 4) is 5.75 Å². The number of thioether (sulfide) groups is 1. The first-order valence-electron chi connectivity index (χ1n) is 43.7. The van der Waals surface area contributed by atoms with Gasteiger partial charge >= 0.3 is 0 Å². The number of phenols is 1. The summed E-state index contributed by atoms with van der Waals surface area (Å²) in [6.45, 7) is 6.07. The number of aliphatic hydroxyl groups is 1. The van der Waals surface area contributed by atoms with Gasteiger partial charge in [-0.15, -0.1) is 11.8 Å². The molecule has 0 spiro atoms. The van der Waals surface area contributed by atoms with E-state index in [9.17, 15) is 62.8 Å². The van der Waals surface area contributed by atoms with Crippen LogP contribution in [0.15, 0.2) is 89.3 Å². The number of amides is 17. The molecule has 6 heterocycles. The number of hydrogen-bond acceptors (Lipinski definition) is 23. The van der Waals surface area contributed by atoms with Crippen LogP contribution < -0.4 is 76.1 Å². The number of nitrogens with two attached hydrogens (primary N) is 4. The van der Waals surface area contributed by atoms with E-state index < -0.39 is 232 Å². The number of nitrogens with one attached hydrogen (secondary N) is 10. The number of carbonyl (C=O) groups excluding carboxylic acids is 17. The molecule has 17 amide bonds. The Bertz CT molecular complexity index is 5000. The number of fused-ring (bicyclic) bond motifs is 18. The summed E-state index contributed by atoms with van der Waals surface area (Å²) >= 11 is 0.781. The van der Waals surface area contributed by atoms with E-state index in [1.165, 1.54) is 57.2 Å². The standard InChI is InChI=1S/C87H123N21O19S2/c1-9-11-23-66-80(120)95-56(22-17-33-88)76(116)102-64(75(115)93-42-72(91)112)45-128-46-73(113)94-59(37-50-29-31-53(110)32-30-50)83(123)103(6)49(5)74(114)97-61(40-71(90)111)86(126)107-35-19-27-68(107)82(122)100-62(41-89)78(118)98-58(36-48(3)4)85(125)106-34-18-26-67(106)81(121)96-57-39-52-47-129(92,70-28-16-14-21-55(52)70)108-43-51(54-20-13-15-25-65(54)108)38-60(99-79(119)63(44-109)101-77(57)117)84(124)105(8)69(24-12-10-2)87(127)104(66)7/h13-16,20-21,25,28-32,43,47-49,56-64,66-69,109-110H,9-12,17-19,22-24,26-27,33-42,44-46,88-89H2,1-8H3,(H2,90,111)(H2,91,112)(H,93,115)(H,94,113)(H,95,120)(H,96,121)(H,97,114)(H,98,118)(H,99,119)(H,100,122)(H,101,117)(H,102,116)/t49-,56-,57-,58-,59-,60-,61-,62-,63-,64-,66-,67-,68-,69-/m0/s1. The molecule has 40 nitrogen and oxygen atoms in total. The Balaban J connectivity index is 1.11. The molecule has 129 heavy (non-hydrogen) atoms. The van der Waals surface area contributed by atoms with E-state index >= 15 is 33.6 Å². The molecule has 20 N–H and O–H groups in total. The van der Waals surface area contributed by atoms with Gasteiger partial charge in [0.15, 0.2) is 0 Å². The predicted octanol–water partition coefficient (Wildman–Crippen LogP) is -1.82. The SMILES string of the molecule is CCCC[C@H]1C(=O)N(C)[C@@H](CCCC)C(=O)N[C@@H](CCCN)C(=O)N[C@H](C(=O)NCC(N)=O)CSCC(=O)N[C@@H](Cc2ccc(O)cc2)C(=O)N(C)[C@@H](C)C(=O)N[C@@H](CC(N)=O)C(=O)N2CCC[C@H]2C(=O)N[C@@H](CN)C(=O)N[C@@H](CC(C)C)C(=O)N2CCC[C@H]2C(=O)N[C@H]2CC3=CS(#N)(c4ccccc43)n3cc(c4ccccc43)C[C@H](NC(=O)[C@H](CO)NC2=O)C(=O)N1C. The van der Waals surface area contributed by atoms with Crippen molar-refractivity contribution in [1.82, 2.24) is 81.6 Å². The van der Waals surface area contributed by atoms with Gasteiger partial charge in [0, 0.05) is 82.8 Å². The van der Waals surface area contributed by atoms with E-state index in [1.54, 1.807) is 78.0 Å². The lowest BCUT2D eigenvalue weighted by atomic mass is 9.98. The number of aliphatic hydroxyl groups excluding tert-OH is 1. The number of benzene rings is 3. The molecule has 1 unspecified atom stereocenters. The van der Waals surface area contributed by atoms with Gasteiger partial charge in [-0.05, 0) is 124 Å². The van der Waals surface area contributed by atoms with Gasteiger partial charge in [0.25, 0.3) is 0 Å². The van der Waals surface area contributed by atoms with Crippen LogP contribution in [0.2, 0.25) is 0 Å². The number of carbonyl (C=O) groups is 17. The van der Waals surface area contributed by atoms with E-state index in [-0.39, 0.29) is 108 Å². The van der Waals surface area contributed by atoms with Crippen molar-refractivity contribution in [3.05, 3.63) is 101 Å². The highest BCUT2D eigenvalue weighted by molar-refractivity contribution is 8.23. The van der Waals surface area contributed by atoms with E-state index in [0.29, 0.717) is 63.7 Å². The first-order chi connectivity index (χ1) is 61.4. The van der Waals surface area contributed by atoms with Crippen LogP contribution in [-0.2, 0) is 94.3 Å². The number of aromatic hydroxyl groups is 1. The van der Waals surface area contributed by atoms with E-state index in [1.807, 2.05) is 13.8 Å².